The zero-order chi connectivity index (χ0) is 25.0. The first-order valence-corrected chi connectivity index (χ1v) is 13.1. The molecule has 0 aromatic heterocycles. The zero-order valence-corrected chi connectivity index (χ0v) is 24.8. The molecule has 0 bridgehead atoms. The first kappa shape index (κ1) is 33.2. The minimum atomic E-state index is 0. The lowest BCUT2D eigenvalue weighted by Crippen LogP contribution is -2.49. The molecule has 1 aliphatic rings. The van der Waals surface area contributed by atoms with Gasteiger partial charge in [0, 0.05) is 24.7 Å². The summed E-state index contributed by atoms with van der Waals surface area (Å²) in [4.78, 5) is 0. The van der Waals surface area contributed by atoms with Crippen molar-refractivity contribution in [3.63, 3.8) is 0 Å². The average Bonchev–Trinajstić information content (AvgIpc) is 2.90. The van der Waals surface area contributed by atoms with E-state index in [1.165, 1.54) is 42.4 Å². The van der Waals surface area contributed by atoms with Crippen LogP contribution in [0.4, 0.5) is 0 Å². The summed E-state index contributed by atoms with van der Waals surface area (Å²) in [6.07, 6.45) is 10.3. The number of rotatable bonds is 15. The first-order valence-electron chi connectivity index (χ1n) is 13.1. The monoisotopic (exact) mass is 556 g/mol. The van der Waals surface area contributed by atoms with Crippen molar-refractivity contribution < 1.29 is 18.9 Å². The molecule has 37 heavy (non-hydrogen) atoms. The predicted molar refractivity (Wildman–Crippen MR) is 157 cm³/mol. The van der Waals surface area contributed by atoms with Crippen LogP contribution in [0.1, 0.15) is 62.1 Å². The van der Waals surface area contributed by atoms with Crippen molar-refractivity contribution in [2.75, 3.05) is 41.5 Å². The van der Waals surface area contributed by atoms with Gasteiger partial charge in [-0.2, -0.15) is 0 Å². The van der Waals surface area contributed by atoms with Gasteiger partial charge in [-0.1, -0.05) is 38.3 Å². The molecule has 6 nitrogen and oxygen atoms in total. The van der Waals surface area contributed by atoms with Gasteiger partial charge in [-0.25, -0.2) is 5.01 Å². The predicted octanol–water partition coefficient (Wildman–Crippen LogP) is 6.44. The second-order valence-electron chi connectivity index (χ2n) is 9.29. The molecule has 0 spiro atoms. The fraction of sp³-hybridized carbons (Fsp3) is 0.586. The van der Waals surface area contributed by atoms with Gasteiger partial charge in [0.1, 0.15) is 0 Å². The number of hydrogen-bond donors (Lipinski definition) is 1. The summed E-state index contributed by atoms with van der Waals surface area (Å²) >= 11 is 0. The Labute approximate surface area is 236 Å². The Morgan fingerprint density at radius 3 is 2.24 bits per heavy atom. The van der Waals surface area contributed by atoms with E-state index < -0.39 is 0 Å². The molecule has 210 valence electrons. The molecular formula is C29H46Cl2N2O4. The summed E-state index contributed by atoms with van der Waals surface area (Å²) in [5.41, 5.74) is 7.75. The van der Waals surface area contributed by atoms with Crippen molar-refractivity contribution in [2.45, 2.75) is 70.8 Å². The van der Waals surface area contributed by atoms with Crippen LogP contribution in [-0.4, -0.2) is 52.6 Å². The van der Waals surface area contributed by atoms with Crippen molar-refractivity contribution in [2.24, 2.45) is 0 Å². The number of ether oxygens (including phenoxy) is 4. The third-order valence-corrected chi connectivity index (χ3v) is 7.03. The minimum absolute atomic E-state index is 0. The van der Waals surface area contributed by atoms with E-state index in [1.54, 1.807) is 28.4 Å². The third-order valence-electron chi connectivity index (χ3n) is 7.03. The van der Waals surface area contributed by atoms with Crippen LogP contribution in [0.15, 0.2) is 30.3 Å². The van der Waals surface area contributed by atoms with Crippen molar-refractivity contribution >= 4 is 24.8 Å². The number of fused-ring (bicyclic) bond motifs is 1. The summed E-state index contributed by atoms with van der Waals surface area (Å²) in [6.45, 7) is 4.31. The van der Waals surface area contributed by atoms with Crippen LogP contribution in [0, 0.1) is 0 Å². The van der Waals surface area contributed by atoms with E-state index in [4.69, 9.17) is 18.9 Å². The highest BCUT2D eigenvalue weighted by atomic mass is 35.5. The molecule has 2 aromatic carbocycles. The molecule has 0 fully saturated rings. The maximum absolute atomic E-state index is 5.70. The molecule has 0 saturated heterocycles. The van der Waals surface area contributed by atoms with Gasteiger partial charge in [0.2, 0.25) is 0 Å². The van der Waals surface area contributed by atoms with Crippen LogP contribution < -0.4 is 24.4 Å². The van der Waals surface area contributed by atoms with Crippen molar-refractivity contribution in [3.05, 3.63) is 47.0 Å². The van der Waals surface area contributed by atoms with Gasteiger partial charge >= 0.3 is 0 Å². The molecular weight excluding hydrogens is 511 g/mol. The van der Waals surface area contributed by atoms with Crippen molar-refractivity contribution in [1.82, 2.24) is 10.4 Å². The number of hydrazine groups is 1. The normalized spacial score (nSPS) is 14.3. The van der Waals surface area contributed by atoms with E-state index in [0.29, 0.717) is 6.04 Å². The number of methoxy groups -OCH3 is 4. The highest BCUT2D eigenvalue weighted by molar-refractivity contribution is 5.85. The molecule has 0 heterocycles. The molecule has 8 heteroatoms. The molecule has 0 aliphatic heterocycles. The number of nitrogens with one attached hydrogen (secondary N) is 1. The molecule has 0 saturated carbocycles. The van der Waals surface area contributed by atoms with Gasteiger partial charge in [0.25, 0.3) is 0 Å². The quantitative estimate of drug-likeness (QED) is 0.201. The van der Waals surface area contributed by atoms with E-state index in [1.807, 2.05) is 12.1 Å². The molecule has 1 N–H and O–H groups in total. The van der Waals surface area contributed by atoms with E-state index in [9.17, 15) is 0 Å². The Balaban J connectivity index is 0.00000342. The number of nitrogens with zero attached hydrogens (tertiary/aromatic N) is 1. The first-order chi connectivity index (χ1) is 17.1. The molecule has 2 aromatic rings. The van der Waals surface area contributed by atoms with E-state index in [-0.39, 0.29) is 24.8 Å². The molecule has 1 atom stereocenters. The van der Waals surface area contributed by atoms with Crippen LogP contribution in [-0.2, 0) is 19.3 Å². The number of hydrogen-bond acceptors (Lipinski definition) is 6. The van der Waals surface area contributed by atoms with Gasteiger partial charge in [0.05, 0.1) is 28.4 Å². The average molecular weight is 558 g/mol. The number of unbranched alkanes of at least 4 members (excludes halogenated alkanes) is 3. The van der Waals surface area contributed by atoms with Crippen molar-refractivity contribution in [3.8, 4) is 23.0 Å². The maximum Gasteiger partial charge on any atom is 0.164 e. The van der Waals surface area contributed by atoms with Crippen LogP contribution >= 0.6 is 24.8 Å². The number of halogens is 2. The lowest BCUT2D eigenvalue weighted by atomic mass is 9.87. The molecule has 0 radical (unpaired) electrons. The summed E-state index contributed by atoms with van der Waals surface area (Å²) in [5, 5.41) is 2.52. The SMILES string of the molecule is CCCCCCN(NCCCc1ccc(OC)c(OC)c1)C1CCc2c(ccc(OC)c2OC)C1.Cl.Cl. The second kappa shape index (κ2) is 17.6. The Morgan fingerprint density at radius 1 is 0.838 bits per heavy atom. The van der Waals surface area contributed by atoms with Crippen molar-refractivity contribution in [1.29, 1.82) is 0 Å². The smallest absolute Gasteiger partial charge is 0.164 e. The summed E-state index contributed by atoms with van der Waals surface area (Å²) in [5.74, 6) is 3.30. The summed E-state index contributed by atoms with van der Waals surface area (Å²) in [7, 11) is 6.81. The van der Waals surface area contributed by atoms with Gasteiger partial charge in [-0.3, -0.25) is 5.43 Å². The lowest BCUT2D eigenvalue weighted by Gasteiger charge is -2.36. The highest BCUT2D eigenvalue weighted by Crippen LogP contribution is 2.38. The lowest BCUT2D eigenvalue weighted by molar-refractivity contribution is 0.108. The minimum Gasteiger partial charge on any atom is -0.493 e. The maximum atomic E-state index is 5.70. The summed E-state index contributed by atoms with van der Waals surface area (Å²) < 4.78 is 22.0. The Bertz CT molecular complexity index is 929. The zero-order valence-electron chi connectivity index (χ0n) is 23.1. The number of aryl methyl sites for hydroxylation is 1. The van der Waals surface area contributed by atoms with Gasteiger partial charge in [-0.15, -0.1) is 24.8 Å². The van der Waals surface area contributed by atoms with Crippen LogP contribution in [0.3, 0.4) is 0 Å². The third kappa shape index (κ3) is 9.13. The Morgan fingerprint density at radius 2 is 1.57 bits per heavy atom. The summed E-state index contributed by atoms with van der Waals surface area (Å²) in [6, 6.07) is 11.0. The van der Waals surface area contributed by atoms with Crippen LogP contribution in [0.2, 0.25) is 0 Å². The molecule has 0 amide bonds. The Hall–Kier alpha value is -1.86. The van der Waals surface area contributed by atoms with E-state index >= 15 is 0 Å². The molecule has 3 rings (SSSR count). The standard InChI is InChI=1S/C29H44N2O4.2ClH/c1-6-7-8-9-19-31(30-18-10-11-22-12-16-26(32-2)28(20-22)34-4)24-14-15-25-23(21-24)13-17-27(33-3)29(25)35-5;;/h12-13,16-17,20,24,30H,6-11,14-15,18-19,21H2,1-5H3;2*1H. The largest absolute Gasteiger partial charge is 0.493 e. The number of benzene rings is 2. The second-order valence-corrected chi connectivity index (χ2v) is 9.29. The van der Waals surface area contributed by atoms with E-state index in [0.717, 1.165) is 68.2 Å². The molecule has 1 unspecified atom stereocenters. The topological polar surface area (TPSA) is 52.2 Å². The van der Waals surface area contributed by atoms with Gasteiger partial charge < -0.3 is 18.9 Å². The highest BCUT2D eigenvalue weighted by Gasteiger charge is 2.27. The molecule has 1 aliphatic carbocycles. The fourth-order valence-corrected chi connectivity index (χ4v) is 5.08. The van der Waals surface area contributed by atoms with Gasteiger partial charge in [0.15, 0.2) is 23.0 Å². The fourth-order valence-electron chi connectivity index (χ4n) is 5.08. The van der Waals surface area contributed by atoms with Crippen LogP contribution in [0.5, 0.6) is 23.0 Å². The van der Waals surface area contributed by atoms with Gasteiger partial charge in [-0.05, 0) is 67.9 Å². The Kier molecular flexibility index (Phi) is 15.8. The van der Waals surface area contributed by atoms with Crippen LogP contribution in [0.25, 0.3) is 0 Å². The van der Waals surface area contributed by atoms with E-state index in [2.05, 4.69) is 35.6 Å².